The number of aliphatic hydroxyl groups excluding tert-OH is 1. The normalized spacial score (nSPS) is 25.1. The highest BCUT2D eigenvalue weighted by molar-refractivity contribution is 5.81. The van der Waals surface area contributed by atoms with Gasteiger partial charge in [-0.2, -0.15) is 0 Å². The van der Waals surface area contributed by atoms with E-state index in [2.05, 4.69) is 24.3 Å². The first-order chi connectivity index (χ1) is 11.6. The van der Waals surface area contributed by atoms with E-state index in [1.165, 1.54) is 11.1 Å². The van der Waals surface area contributed by atoms with Gasteiger partial charge in [-0.15, -0.1) is 0 Å². The SMILES string of the molecule is C[C@@H]([C@H](O)c1ccccc1)N1C(=O)CC[C@]12CCc1ccccc12. The number of carbonyl (C=O) groups excluding carboxylic acids is 1. The molecule has 1 fully saturated rings. The maximum atomic E-state index is 12.7. The number of aryl methyl sites for hydroxylation is 1. The summed E-state index contributed by atoms with van der Waals surface area (Å²) >= 11 is 0. The van der Waals surface area contributed by atoms with Crippen molar-refractivity contribution in [2.24, 2.45) is 0 Å². The van der Waals surface area contributed by atoms with E-state index in [-0.39, 0.29) is 17.5 Å². The van der Waals surface area contributed by atoms with Crippen molar-refractivity contribution in [1.29, 1.82) is 0 Å². The van der Waals surface area contributed by atoms with E-state index in [0.29, 0.717) is 6.42 Å². The van der Waals surface area contributed by atoms with Gasteiger partial charge in [0, 0.05) is 6.42 Å². The molecule has 1 aliphatic heterocycles. The zero-order valence-corrected chi connectivity index (χ0v) is 14.0. The van der Waals surface area contributed by atoms with Crippen LogP contribution < -0.4 is 0 Å². The molecule has 24 heavy (non-hydrogen) atoms. The highest BCUT2D eigenvalue weighted by Crippen LogP contribution is 2.50. The molecule has 3 nitrogen and oxygen atoms in total. The third kappa shape index (κ3) is 2.19. The van der Waals surface area contributed by atoms with Gasteiger partial charge in [0.1, 0.15) is 0 Å². The smallest absolute Gasteiger partial charge is 0.223 e. The lowest BCUT2D eigenvalue weighted by molar-refractivity contribution is -0.137. The fraction of sp³-hybridized carbons (Fsp3) is 0.381. The van der Waals surface area contributed by atoms with Gasteiger partial charge in [-0.3, -0.25) is 4.79 Å². The summed E-state index contributed by atoms with van der Waals surface area (Å²) in [5.74, 6) is 0.161. The van der Waals surface area contributed by atoms with E-state index in [1.54, 1.807) is 0 Å². The molecule has 1 amide bonds. The van der Waals surface area contributed by atoms with Crippen molar-refractivity contribution in [2.75, 3.05) is 0 Å². The predicted octanol–water partition coefficient (Wildman–Crippen LogP) is 3.57. The topological polar surface area (TPSA) is 40.5 Å². The van der Waals surface area contributed by atoms with Crippen molar-refractivity contribution in [3.05, 3.63) is 71.3 Å². The van der Waals surface area contributed by atoms with Crippen molar-refractivity contribution in [2.45, 2.75) is 50.3 Å². The van der Waals surface area contributed by atoms with Crippen LogP contribution in [-0.4, -0.2) is 22.0 Å². The summed E-state index contributed by atoms with van der Waals surface area (Å²) in [6, 6.07) is 17.9. The summed E-state index contributed by atoms with van der Waals surface area (Å²) in [5.41, 5.74) is 3.26. The van der Waals surface area contributed by atoms with Crippen LogP contribution in [0.5, 0.6) is 0 Å². The maximum Gasteiger partial charge on any atom is 0.223 e. The summed E-state index contributed by atoms with van der Waals surface area (Å²) < 4.78 is 0. The zero-order valence-electron chi connectivity index (χ0n) is 14.0. The van der Waals surface area contributed by atoms with Crippen LogP contribution in [0.25, 0.3) is 0 Å². The van der Waals surface area contributed by atoms with E-state index in [0.717, 1.165) is 24.8 Å². The number of nitrogens with zero attached hydrogens (tertiary/aromatic N) is 1. The molecule has 1 heterocycles. The van der Waals surface area contributed by atoms with Gasteiger partial charge in [0.2, 0.25) is 5.91 Å². The Kier molecular flexibility index (Phi) is 3.69. The van der Waals surface area contributed by atoms with E-state index in [4.69, 9.17) is 0 Å². The van der Waals surface area contributed by atoms with Gasteiger partial charge in [0.05, 0.1) is 17.7 Å². The van der Waals surface area contributed by atoms with Gasteiger partial charge >= 0.3 is 0 Å². The van der Waals surface area contributed by atoms with Gasteiger partial charge in [-0.25, -0.2) is 0 Å². The second-order valence-electron chi connectivity index (χ2n) is 7.05. The number of aliphatic hydroxyl groups is 1. The molecule has 2 aromatic rings. The third-order valence-corrected chi connectivity index (χ3v) is 5.81. The summed E-state index contributed by atoms with van der Waals surface area (Å²) in [6.07, 6.45) is 2.73. The monoisotopic (exact) mass is 321 g/mol. The molecule has 2 aliphatic rings. The summed E-state index contributed by atoms with van der Waals surface area (Å²) in [7, 11) is 0. The second kappa shape index (κ2) is 5.75. The molecule has 1 saturated heterocycles. The van der Waals surface area contributed by atoms with Crippen molar-refractivity contribution < 1.29 is 9.90 Å². The largest absolute Gasteiger partial charge is 0.386 e. The highest BCUT2D eigenvalue weighted by atomic mass is 16.3. The molecule has 0 bridgehead atoms. The quantitative estimate of drug-likeness (QED) is 0.939. The van der Waals surface area contributed by atoms with Crippen LogP contribution in [0, 0.1) is 0 Å². The Labute approximate surface area is 142 Å². The Bertz CT molecular complexity index is 757. The van der Waals surface area contributed by atoms with Crippen molar-refractivity contribution in [3.8, 4) is 0 Å². The lowest BCUT2D eigenvalue weighted by Gasteiger charge is -2.42. The Morgan fingerprint density at radius 2 is 1.67 bits per heavy atom. The second-order valence-corrected chi connectivity index (χ2v) is 7.05. The Morgan fingerprint density at radius 1 is 1.00 bits per heavy atom. The average Bonchev–Trinajstić information content (AvgIpc) is 3.16. The average molecular weight is 321 g/mol. The molecule has 0 unspecified atom stereocenters. The van der Waals surface area contributed by atoms with E-state index in [9.17, 15) is 9.90 Å². The maximum absolute atomic E-state index is 12.7. The molecule has 1 spiro atoms. The van der Waals surface area contributed by atoms with Gasteiger partial charge in [0.15, 0.2) is 0 Å². The van der Waals surface area contributed by atoms with Crippen LogP contribution in [-0.2, 0) is 16.8 Å². The van der Waals surface area contributed by atoms with Crippen molar-refractivity contribution in [3.63, 3.8) is 0 Å². The van der Waals surface area contributed by atoms with Gasteiger partial charge in [-0.1, -0.05) is 54.6 Å². The number of benzene rings is 2. The first kappa shape index (κ1) is 15.4. The van der Waals surface area contributed by atoms with Crippen LogP contribution >= 0.6 is 0 Å². The molecular weight excluding hydrogens is 298 g/mol. The Hall–Kier alpha value is -2.13. The Balaban J connectivity index is 1.72. The third-order valence-electron chi connectivity index (χ3n) is 5.81. The molecular formula is C21H23NO2. The summed E-state index contributed by atoms with van der Waals surface area (Å²) in [5, 5.41) is 10.9. The molecule has 0 aromatic heterocycles. The first-order valence-electron chi connectivity index (χ1n) is 8.77. The number of hydrogen-bond donors (Lipinski definition) is 1. The highest BCUT2D eigenvalue weighted by Gasteiger charge is 2.52. The Morgan fingerprint density at radius 3 is 2.46 bits per heavy atom. The van der Waals surface area contributed by atoms with Crippen molar-refractivity contribution >= 4 is 5.91 Å². The fourth-order valence-corrected chi connectivity index (χ4v) is 4.66. The number of hydrogen-bond acceptors (Lipinski definition) is 2. The number of rotatable bonds is 3. The lowest BCUT2D eigenvalue weighted by atomic mass is 9.87. The molecule has 2 aromatic carbocycles. The number of fused-ring (bicyclic) bond motifs is 2. The van der Waals surface area contributed by atoms with Crippen LogP contribution in [0.3, 0.4) is 0 Å². The predicted molar refractivity (Wildman–Crippen MR) is 93.4 cm³/mol. The molecule has 1 N–H and O–H groups in total. The minimum absolute atomic E-state index is 0.161. The van der Waals surface area contributed by atoms with Crippen LogP contribution in [0.4, 0.5) is 0 Å². The van der Waals surface area contributed by atoms with Crippen LogP contribution in [0.1, 0.15) is 49.0 Å². The molecule has 124 valence electrons. The number of likely N-dealkylation sites (tertiary alicyclic amines) is 1. The molecule has 4 rings (SSSR count). The van der Waals surface area contributed by atoms with Gasteiger partial charge in [0.25, 0.3) is 0 Å². The minimum atomic E-state index is -0.669. The van der Waals surface area contributed by atoms with Gasteiger partial charge in [-0.05, 0) is 42.9 Å². The van der Waals surface area contributed by atoms with Crippen LogP contribution in [0.15, 0.2) is 54.6 Å². The van der Waals surface area contributed by atoms with E-state index in [1.807, 2.05) is 42.2 Å². The van der Waals surface area contributed by atoms with E-state index < -0.39 is 6.10 Å². The first-order valence-corrected chi connectivity index (χ1v) is 8.77. The molecule has 1 aliphatic carbocycles. The van der Waals surface area contributed by atoms with Gasteiger partial charge < -0.3 is 10.0 Å². The molecule has 3 heteroatoms. The summed E-state index contributed by atoms with van der Waals surface area (Å²) in [6.45, 7) is 1.98. The standard InChI is InChI=1S/C21H23NO2/c1-15(20(24)17-8-3-2-4-9-17)22-19(23)12-14-21(22)13-11-16-7-5-6-10-18(16)21/h2-10,15,20,24H,11-14H2,1H3/t15-,20-,21-/m0/s1. The minimum Gasteiger partial charge on any atom is -0.386 e. The molecule has 0 radical (unpaired) electrons. The molecule has 3 atom stereocenters. The fourth-order valence-electron chi connectivity index (χ4n) is 4.66. The lowest BCUT2D eigenvalue weighted by Crippen LogP contribution is -2.49. The molecule has 0 saturated carbocycles. The number of carbonyl (C=O) groups is 1. The van der Waals surface area contributed by atoms with E-state index >= 15 is 0 Å². The van der Waals surface area contributed by atoms with Crippen LogP contribution in [0.2, 0.25) is 0 Å². The van der Waals surface area contributed by atoms with Crippen molar-refractivity contribution in [1.82, 2.24) is 4.90 Å². The summed E-state index contributed by atoms with van der Waals surface area (Å²) in [4.78, 5) is 14.7. The number of amides is 1. The zero-order chi connectivity index (χ0) is 16.7.